The molecular formula is C21H22N2O. The quantitative estimate of drug-likeness (QED) is 0.790. The van der Waals surface area contributed by atoms with Gasteiger partial charge in [0.15, 0.2) is 0 Å². The lowest BCUT2D eigenvalue weighted by molar-refractivity contribution is 0.0733. The normalized spacial score (nSPS) is 19.4. The Labute approximate surface area is 143 Å². The number of carbonyl (C=O) groups is 1. The molecule has 0 bridgehead atoms. The number of benzene rings is 1. The summed E-state index contributed by atoms with van der Waals surface area (Å²) in [5.74, 6) is 7.03. The molecule has 1 fully saturated rings. The zero-order valence-corrected chi connectivity index (χ0v) is 14.2. The van der Waals surface area contributed by atoms with Crippen molar-refractivity contribution in [1.82, 2.24) is 9.88 Å². The Morgan fingerprint density at radius 2 is 1.67 bits per heavy atom. The molecule has 0 radical (unpaired) electrons. The van der Waals surface area contributed by atoms with Gasteiger partial charge in [-0.1, -0.05) is 18.8 Å². The predicted molar refractivity (Wildman–Crippen MR) is 95.6 cm³/mol. The number of amides is 1. The van der Waals surface area contributed by atoms with Crippen molar-refractivity contribution in [1.29, 1.82) is 0 Å². The highest BCUT2D eigenvalue weighted by Crippen LogP contribution is 2.28. The van der Waals surface area contributed by atoms with Crippen molar-refractivity contribution in [2.45, 2.75) is 32.2 Å². The van der Waals surface area contributed by atoms with Gasteiger partial charge in [-0.25, -0.2) is 0 Å². The third-order valence-corrected chi connectivity index (χ3v) is 4.70. The lowest BCUT2D eigenvalue weighted by Crippen LogP contribution is -2.35. The molecule has 1 aliphatic carbocycles. The molecule has 1 amide bonds. The maximum Gasteiger partial charge on any atom is 0.253 e. The molecule has 1 heterocycles. The van der Waals surface area contributed by atoms with Crippen LogP contribution in [0, 0.1) is 17.8 Å². The Balaban J connectivity index is 1.68. The van der Waals surface area contributed by atoms with Crippen LogP contribution in [0.15, 0.2) is 48.8 Å². The number of rotatable bonds is 2. The highest BCUT2D eigenvalue weighted by atomic mass is 16.2. The molecular weight excluding hydrogens is 296 g/mol. The first-order chi connectivity index (χ1) is 11.6. The minimum Gasteiger partial charge on any atom is -0.339 e. The van der Waals surface area contributed by atoms with Crippen LogP contribution in [-0.4, -0.2) is 28.9 Å². The van der Waals surface area contributed by atoms with Gasteiger partial charge in [-0.15, -0.1) is 0 Å². The Morgan fingerprint density at radius 1 is 1.04 bits per heavy atom. The largest absolute Gasteiger partial charge is 0.339 e. The van der Waals surface area contributed by atoms with Gasteiger partial charge in [0.1, 0.15) is 0 Å². The molecule has 2 aromatic rings. The Morgan fingerprint density at radius 3 is 2.25 bits per heavy atom. The van der Waals surface area contributed by atoms with E-state index in [1.165, 1.54) is 6.42 Å². The van der Waals surface area contributed by atoms with E-state index in [2.05, 4.69) is 23.7 Å². The minimum absolute atomic E-state index is 0.0998. The van der Waals surface area contributed by atoms with Gasteiger partial charge < -0.3 is 4.90 Å². The molecule has 1 aromatic carbocycles. The first-order valence-electron chi connectivity index (χ1n) is 8.43. The SMILES string of the molecule is C[C@H]1CC[C@@H](N(C)C(=O)c2ccc(C#Cc3ccncc3)cc2)C1. The molecule has 1 saturated carbocycles. The van der Waals surface area contributed by atoms with Gasteiger partial charge in [-0.2, -0.15) is 0 Å². The second kappa shape index (κ2) is 7.31. The van der Waals surface area contributed by atoms with Gasteiger partial charge in [0, 0.05) is 42.2 Å². The van der Waals surface area contributed by atoms with Crippen molar-refractivity contribution in [3.63, 3.8) is 0 Å². The van der Waals surface area contributed by atoms with Crippen LogP contribution in [0.1, 0.15) is 47.7 Å². The van der Waals surface area contributed by atoms with Gasteiger partial charge in [0.25, 0.3) is 5.91 Å². The molecule has 3 heteroatoms. The topological polar surface area (TPSA) is 33.2 Å². The lowest BCUT2D eigenvalue weighted by Gasteiger charge is -2.24. The summed E-state index contributed by atoms with van der Waals surface area (Å²) < 4.78 is 0. The van der Waals surface area contributed by atoms with E-state index in [-0.39, 0.29) is 5.91 Å². The number of hydrogen-bond acceptors (Lipinski definition) is 2. The number of carbonyl (C=O) groups excluding carboxylic acids is 1. The third kappa shape index (κ3) is 3.83. The van der Waals surface area contributed by atoms with Crippen LogP contribution in [0.25, 0.3) is 0 Å². The smallest absolute Gasteiger partial charge is 0.253 e. The molecule has 0 N–H and O–H groups in total. The number of pyridine rings is 1. The van der Waals surface area contributed by atoms with Crippen molar-refractivity contribution in [3.05, 3.63) is 65.5 Å². The first kappa shape index (κ1) is 16.3. The lowest BCUT2D eigenvalue weighted by atomic mass is 10.1. The molecule has 0 saturated heterocycles. The standard InChI is InChI=1S/C21H22N2O/c1-16-3-10-20(15-16)23(2)21(24)19-8-6-17(7-9-19)4-5-18-11-13-22-14-12-18/h6-9,11-14,16,20H,3,10,15H2,1-2H3/t16-,20+/m0/s1. The van der Waals surface area contributed by atoms with Gasteiger partial charge >= 0.3 is 0 Å². The summed E-state index contributed by atoms with van der Waals surface area (Å²) in [6.07, 6.45) is 6.89. The van der Waals surface area contributed by atoms with Crippen molar-refractivity contribution in [2.75, 3.05) is 7.05 Å². The van der Waals surface area contributed by atoms with Gasteiger partial charge in [0.05, 0.1) is 0 Å². The van der Waals surface area contributed by atoms with E-state index < -0.39 is 0 Å². The van der Waals surface area contributed by atoms with E-state index >= 15 is 0 Å². The molecule has 1 aromatic heterocycles. The van der Waals surface area contributed by atoms with E-state index in [4.69, 9.17) is 0 Å². The average molecular weight is 318 g/mol. The van der Waals surface area contributed by atoms with Crippen LogP contribution in [0.3, 0.4) is 0 Å². The zero-order valence-electron chi connectivity index (χ0n) is 14.2. The third-order valence-electron chi connectivity index (χ3n) is 4.70. The first-order valence-corrected chi connectivity index (χ1v) is 8.43. The van der Waals surface area contributed by atoms with Crippen LogP contribution in [0.2, 0.25) is 0 Å². The van der Waals surface area contributed by atoms with Crippen molar-refractivity contribution in [3.8, 4) is 11.8 Å². The number of hydrogen-bond donors (Lipinski definition) is 0. The van der Waals surface area contributed by atoms with Crippen LogP contribution in [0.4, 0.5) is 0 Å². The fraction of sp³-hybridized carbons (Fsp3) is 0.333. The van der Waals surface area contributed by atoms with Crippen molar-refractivity contribution in [2.24, 2.45) is 5.92 Å². The fourth-order valence-corrected chi connectivity index (χ4v) is 3.17. The van der Waals surface area contributed by atoms with Crippen molar-refractivity contribution < 1.29 is 4.79 Å². The molecule has 3 nitrogen and oxygen atoms in total. The van der Waals surface area contributed by atoms with Gasteiger partial charge in [-0.05, 0) is 61.6 Å². The predicted octanol–water partition coefficient (Wildman–Crippen LogP) is 3.74. The van der Waals surface area contributed by atoms with E-state index in [1.54, 1.807) is 12.4 Å². The zero-order chi connectivity index (χ0) is 16.9. The molecule has 0 spiro atoms. The number of nitrogens with zero attached hydrogens (tertiary/aromatic N) is 2. The molecule has 0 aliphatic heterocycles. The molecule has 3 rings (SSSR count). The second-order valence-electron chi connectivity index (χ2n) is 6.55. The van der Waals surface area contributed by atoms with E-state index in [0.717, 1.165) is 35.4 Å². The van der Waals surface area contributed by atoms with Gasteiger partial charge in [0.2, 0.25) is 0 Å². The monoisotopic (exact) mass is 318 g/mol. The molecule has 0 unspecified atom stereocenters. The van der Waals surface area contributed by atoms with E-state index in [0.29, 0.717) is 6.04 Å². The molecule has 1 aliphatic rings. The molecule has 122 valence electrons. The van der Waals surface area contributed by atoms with E-state index in [9.17, 15) is 4.79 Å². The highest BCUT2D eigenvalue weighted by Gasteiger charge is 2.27. The Hall–Kier alpha value is -2.60. The summed E-state index contributed by atoms with van der Waals surface area (Å²) >= 11 is 0. The Kier molecular flexibility index (Phi) is 4.96. The summed E-state index contributed by atoms with van der Waals surface area (Å²) in [4.78, 5) is 18.5. The summed E-state index contributed by atoms with van der Waals surface area (Å²) in [5, 5.41) is 0. The van der Waals surface area contributed by atoms with Crippen LogP contribution < -0.4 is 0 Å². The number of aromatic nitrogens is 1. The van der Waals surface area contributed by atoms with Crippen LogP contribution >= 0.6 is 0 Å². The second-order valence-corrected chi connectivity index (χ2v) is 6.55. The highest BCUT2D eigenvalue weighted by molar-refractivity contribution is 5.94. The van der Waals surface area contributed by atoms with Crippen LogP contribution in [-0.2, 0) is 0 Å². The maximum absolute atomic E-state index is 12.6. The fourth-order valence-electron chi connectivity index (χ4n) is 3.17. The molecule has 24 heavy (non-hydrogen) atoms. The molecule has 2 atom stereocenters. The minimum atomic E-state index is 0.0998. The summed E-state index contributed by atoms with van der Waals surface area (Å²) in [6, 6.07) is 11.7. The summed E-state index contributed by atoms with van der Waals surface area (Å²) in [6.45, 7) is 2.26. The summed E-state index contributed by atoms with van der Waals surface area (Å²) in [7, 11) is 1.92. The van der Waals surface area contributed by atoms with Gasteiger partial charge in [-0.3, -0.25) is 9.78 Å². The summed E-state index contributed by atoms with van der Waals surface area (Å²) in [5.41, 5.74) is 2.56. The maximum atomic E-state index is 12.6. The van der Waals surface area contributed by atoms with Crippen molar-refractivity contribution >= 4 is 5.91 Å². The van der Waals surface area contributed by atoms with Crippen LogP contribution in [0.5, 0.6) is 0 Å². The Bertz CT molecular complexity index is 756. The average Bonchev–Trinajstić information content (AvgIpc) is 3.06. The van der Waals surface area contributed by atoms with E-state index in [1.807, 2.05) is 48.3 Å².